The lowest BCUT2D eigenvalue weighted by Gasteiger charge is -2.29. The van der Waals surface area contributed by atoms with Crippen LogP contribution < -0.4 is 10.6 Å². The van der Waals surface area contributed by atoms with Crippen LogP contribution in [0.4, 0.5) is 4.79 Å². The van der Waals surface area contributed by atoms with Crippen molar-refractivity contribution in [3.8, 4) is 0 Å². The molecule has 0 radical (unpaired) electrons. The Hall–Kier alpha value is -0.910. The summed E-state index contributed by atoms with van der Waals surface area (Å²) in [5.74, 6) is -0.911. The molecule has 6 heteroatoms. The average Bonchev–Trinajstić information content (AvgIpc) is 3.06. The van der Waals surface area contributed by atoms with Crippen molar-refractivity contribution in [2.75, 3.05) is 12.8 Å². The number of carboxylic acid groups (broad SMARTS) is 1. The fourth-order valence-electron chi connectivity index (χ4n) is 3.35. The summed E-state index contributed by atoms with van der Waals surface area (Å²) in [5, 5.41) is 14.9. The van der Waals surface area contributed by atoms with E-state index in [4.69, 9.17) is 0 Å². The van der Waals surface area contributed by atoms with Gasteiger partial charge in [0.15, 0.2) is 0 Å². The van der Waals surface area contributed by atoms with Gasteiger partial charge in [0.05, 0.1) is 0 Å². The largest absolute Gasteiger partial charge is 0.480 e. The van der Waals surface area contributed by atoms with Crippen LogP contribution in [0.3, 0.4) is 0 Å². The maximum atomic E-state index is 12.0. The van der Waals surface area contributed by atoms with Gasteiger partial charge < -0.3 is 15.7 Å². The third-order valence-corrected chi connectivity index (χ3v) is 6.16. The summed E-state index contributed by atoms with van der Waals surface area (Å²) in [4.78, 5) is 23.4. The van der Waals surface area contributed by atoms with Crippen LogP contribution in [0, 0.1) is 0 Å². The zero-order valence-electron chi connectivity index (χ0n) is 12.0. The molecule has 114 valence electrons. The molecule has 2 saturated carbocycles. The fraction of sp³-hybridized carbons (Fsp3) is 0.857. The lowest BCUT2D eigenvalue weighted by atomic mass is 9.98. The zero-order chi connectivity index (χ0) is 14.6. The van der Waals surface area contributed by atoms with E-state index in [0.717, 1.165) is 25.7 Å². The van der Waals surface area contributed by atoms with Gasteiger partial charge >= 0.3 is 12.0 Å². The molecule has 0 aromatic heterocycles. The number of hydrogen-bond donors (Lipinski definition) is 3. The summed E-state index contributed by atoms with van der Waals surface area (Å²) in [7, 11) is 0. The number of urea groups is 1. The Kier molecular flexibility index (Phi) is 4.83. The van der Waals surface area contributed by atoms with Crippen LogP contribution in [-0.2, 0) is 4.79 Å². The molecule has 5 nitrogen and oxygen atoms in total. The van der Waals surface area contributed by atoms with Crippen molar-refractivity contribution in [3.05, 3.63) is 0 Å². The molecular formula is C14H24N2O3S. The first kappa shape index (κ1) is 15.5. The van der Waals surface area contributed by atoms with Crippen molar-refractivity contribution in [1.82, 2.24) is 10.6 Å². The van der Waals surface area contributed by atoms with E-state index in [1.165, 1.54) is 12.8 Å². The fourth-order valence-corrected chi connectivity index (χ4v) is 4.26. The number of carbonyl (C=O) groups is 2. The standard InChI is InChI=1S/C14H24N2O3S/c1-20-13(6-2-3-7-13)10-15-12(19)16-14(11(17)18)8-4-5-9-14/h2-10H2,1H3,(H,17,18)(H2,15,16,19). The van der Waals surface area contributed by atoms with E-state index >= 15 is 0 Å². The van der Waals surface area contributed by atoms with E-state index < -0.39 is 11.5 Å². The molecule has 0 unspecified atom stereocenters. The molecule has 0 aliphatic heterocycles. The predicted octanol–water partition coefficient (Wildman–Crippen LogP) is 2.36. The second-order valence-electron chi connectivity index (χ2n) is 6.00. The SMILES string of the molecule is CSC1(CNC(=O)NC2(C(=O)O)CCCC2)CCCC1. The first-order valence-electron chi connectivity index (χ1n) is 7.37. The van der Waals surface area contributed by atoms with Crippen molar-refractivity contribution in [1.29, 1.82) is 0 Å². The molecule has 2 aliphatic rings. The number of carboxylic acids is 1. The van der Waals surface area contributed by atoms with Crippen molar-refractivity contribution in [2.24, 2.45) is 0 Å². The minimum atomic E-state index is -1.05. The maximum absolute atomic E-state index is 12.0. The van der Waals surface area contributed by atoms with Gasteiger partial charge in [-0.15, -0.1) is 0 Å². The molecule has 0 aromatic rings. The van der Waals surface area contributed by atoms with Gasteiger partial charge in [0.1, 0.15) is 5.54 Å². The van der Waals surface area contributed by atoms with Crippen LogP contribution in [0.15, 0.2) is 0 Å². The molecule has 0 heterocycles. The van der Waals surface area contributed by atoms with Crippen LogP contribution in [0.5, 0.6) is 0 Å². The van der Waals surface area contributed by atoms with Gasteiger partial charge in [-0.1, -0.05) is 25.7 Å². The van der Waals surface area contributed by atoms with E-state index in [0.29, 0.717) is 19.4 Å². The molecule has 2 aliphatic carbocycles. The van der Waals surface area contributed by atoms with Gasteiger partial charge in [-0.25, -0.2) is 9.59 Å². The molecule has 20 heavy (non-hydrogen) atoms. The highest BCUT2D eigenvalue weighted by atomic mass is 32.2. The van der Waals surface area contributed by atoms with Gasteiger partial charge in [-0.3, -0.25) is 0 Å². The minimum Gasteiger partial charge on any atom is -0.480 e. The van der Waals surface area contributed by atoms with Crippen LogP contribution in [0.25, 0.3) is 0 Å². The molecule has 0 aromatic carbocycles. The van der Waals surface area contributed by atoms with Crippen molar-refractivity contribution >= 4 is 23.8 Å². The van der Waals surface area contributed by atoms with Crippen LogP contribution in [-0.4, -0.2) is 40.2 Å². The lowest BCUT2D eigenvalue weighted by molar-refractivity contribution is -0.144. The summed E-state index contributed by atoms with van der Waals surface area (Å²) >= 11 is 1.81. The molecule has 0 saturated heterocycles. The second kappa shape index (κ2) is 6.24. The second-order valence-corrected chi connectivity index (χ2v) is 7.27. The first-order chi connectivity index (χ1) is 9.52. The number of hydrogen-bond acceptors (Lipinski definition) is 3. The number of amides is 2. The topological polar surface area (TPSA) is 78.4 Å². The smallest absolute Gasteiger partial charge is 0.329 e. The van der Waals surface area contributed by atoms with Crippen molar-refractivity contribution < 1.29 is 14.7 Å². The Morgan fingerprint density at radius 2 is 1.65 bits per heavy atom. The Labute approximate surface area is 124 Å². The van der Waals surface area contributed by atoms with E-state index in [2.05, 4.69) is 16.9 Å². The number of carbonyl (C=O) groups excluding carboxylic acids is 1. The van der Waals surface area contributed by atoms with Crippen LogP contribution >= 0.6 is 11.8 Å². The van der Waals surface area contributed by atoms with Crippen molar-refractivity contribution in [3.63, 3.8) is 0 Å². The maximum Gasteiger partial charge on any atom is 0.329 e. The average molecular weight is 300 g/mol. The van der Waals surface area contributed by atoms with Gasteiger partial charge in [0, 0.05) is 11.3 Å². The highest BCUT2D eigenvalue weighted by Gasteiger charge is 2.43. The minimum absolute atomic E-state index is 0.142. The zero-order valence-corrected chi connectivity index (χ0v) is 12.9. The quantitative estimate of drug-likeness (QED) is 0.728. The molecule has 2 fully saturated rings. The van der Waals surface area contributed by atoms with E-state index in [-0.39, 0.29) is 10.8 Å². The Bertz CT molecular complexity index is 375. The van der Waals surface area contributed by atoms with Crippen LogP contribution in [0.2, 0.25) is 0 Å². The summed E-state index contributed by atoms with van der Waals surface area (Å²) < 4.78 is 0.142. The van der Waals surface area contributed by atoms with Crippen molar-refractivity contribution in [2.45, 2.75) is 61.7 Å². The summed E-state index contributed by atoms with van der Waals surface area (Å²) in [6.07, 6.45) is 9.54. The van der Waals surface area contributed by atoms with E-state index in [9.17, 15) is 14.7 Å². The highest BCUT2D eigenvalue weighted by molar-refractivity contribution is 8.00. The molecule has 2 rings (SSSR count). The Balaban J connectivity index is 1.87. The van der Waals surface area contributed by atoms with Gasteiger partial charge in [-0.05, 0) is 31.9 Å². The first-order valence-corrected chi connectivity index (χ1v) is 8.59. The molecule has 3 N–H and O–H groups in total. The van der Waals surface area contributed by atoms with Gasteiger partial charge in [-0.2, -0.15) is 11.8 Å². The molecule has 0 bridgehead atoms. The molecular weight excluding hydrogens is 276 g/mol. The summed E-state index contributed by atoms with van der Waals surface area (Å²) in [6.45, 7) is 0.621. The highest BCUT2D eigenvalue weighted by Crippen LogP contribution is 2.39. The Morgan fingerprint density at radius 3 is 2.15 bits per heavy atom. The van der Waals surface area contributed by atoms with E-state index in [1.54, 1.807) is 0 Å². The van der Waals surface area contributed by atoms with Crippen LogP contribution in [0.1, 0.15) is 51.4 Å². The third-order valence-electron chi connectivity index (χ3n) is 4.74. The lowest BCUT2D eigenvalue weighted by Crippen LogP contribution is -2.56. The Morgan fingerprint density at radius 1 is 1.10 bits per heavy atom. The number of aliphatic carboxylic acids is 1. The normalized spacial score (nSPS) is 23.4. The third kappa shape index (κ3) is 3.22. The predicted molar refractivity (Wildman–Crippen MR) is 80.1 cm³/mol. The number of rotatable bonds is 5. The number of nitrogens with one attached hydrogen (secondary N) is 2. The van der Waals surface area contributed by atoms with Gasteiger partial charge in [0.25, 0.3) is 0 Å². The van der Waals surface area contributed by atoms with E-state index in [1.807, 2.05) is 11.8 Å². The summed E-state index contributed by atoms with van der Waals surface area (Å²) in [5.41, 5.74) is -1.05. The molecule has 2 amide bonds. The molecule has 0 atom stereocenters. The monoisotopic (exact) mass is 300 g/mol. The van der Waals surface area contributed by atoms with Gasteiger partial charge in [0.2, 0.25) is 0 Å². The molecule has 0 spiro atoms. The number of thioether (sulfide) groups is 1. The summed E-state index contributed by atoms with van der Waals surface area (Å²) in [6, 6.07) is -0.338.